The van der Waals surface area contributed by atoms with Gasteiger partial charge in [-0.15, -0.1) is 5.10 Å². The molecule has 1 aromatic carbocycles. The number of anilines is 1. The summed E-state index contributed by atoms with van der Waals surface area (Å²) in [7, 11) is 4.00. The number of nitrogens with zero attached hydrogens (tertiary/aromatic N) is 3. The molecule has 0 fully saturated rings. The fraction of sp³-hybridized carbons (Fsp3) is 0.250. The molecule has 6 heteroatoms. The van der Waals surface area contributed by atoms with Crippen molar-refractivity contribution in [1.82, 2.24) is 5.43 Å². The summed E-state index contributed by atoms with van der Waals surface area (Å²) in [6.45, 7) is 0. The lowest BCUT2D eigenvalue weighted by Crippen LogP contribution is -2.25. The number of hydrazone groups is 1. The Hall–Kier alpha value is -1.82. The minimum absolute atomic E-state index is 0.0886. The maximum Gasteiger partial charge on any atom is 0.250 e. The van der Waals surface area contributed by atoms with Crippen LogP contribution in [0.1, 0.15) is 5.56 Å². The van der Waals surface area contributed by atoms with Crippen LogP contribution in [0.5, 0.6) is 0 Å². The second-order valence-corrected chi connectivity index (χ2v) is 4.90. The molecule has 0 aliphatic carbocycles. The van der Waals surface area contributed by atoms with Crippen LogP contribution in [0.3, 0.4) is 0 Å². The Labute approximate surface area is 110 Å². The summed E-state index contributed by atoms with van der Waals surface area (Å²) in [6, 6.07) is 8.04. The van der Waals surface area contributed by atoms with Crippen molar-refractivity contribution in [1.29, 1.82) is 0 Å². The molecule has 0 bridgehead atoms. The Bertz CT molecular complexity index is 493. The molecule has 1 heterocycles. The zero-order valence-corrected chi connectivity index (χ0v) is 11.1. The first-order valence-electron chi connectivity index (χ1n) is 5.46. The molecule has 1 aliphatic heterocycles. The Morgan fingerprint density at radius 2 is 2.11 bits per heavy atom. The highest BCUT2D eigenvalue weighted by Gasteiger charge is 2.10. The highest BCUT2D eigenvalue weighted by atomic mass is 32.2. The van der Waals surface area contributed by atoms with Crippen molar-refractivity contribution in [3.05, 3.63) is 29.8 Å². The predicted molar refractivity (Wildman–Crippen MR) is 76.4 cm³/mol. The van der Waals surface area contributed by atoms with Crippen LogP contribution in [0.4, 0.5) is 5.69 Å². The molecule has 0 atom stereocenters. The number of amides is 1. The van der Waals surface area contributed by atoms with Gasteiger partial charge in [0.15, 0.2) is 0 Å². The highest BCUT2D eigenvalue weighted by molar-refractivity contribution is 8.14. The average Bonchev–Trinajstić information content (AvgIpc) is 2.38. The van der Waals surface area contributed by atoms with E-state index in [4.69, 9.17) is 0 Å². The van der Waals surface area contributed by atoms with E-state index in [-0.39, 0.29) is 5.91 Å². The molecule has 18 heavy (non-hydrogen) atoms. The third-order valence-electron chi connectivity index (χ3n) is 2.34. The Morgan fingerprint density at radius 3 is 2.67 bits per heavy atom. The predicted octanol–water partition coefficient (Wildman–Crippen LogP) is 1.31. The van der Waals surface area contributed by atoms with Crippen molar-refractivity contribution in [2.75, 3.05) is 24.7 Å². The van der Waals surface area contributed by atoms with E-state index in [9.17, 15) is 4.79 Å². The van der Waals surface area contributed by atoms with Crippen molar-refractivity contribution in [3.63, 3.8) is 0 Å². The Balaban J connectivity index is 2.03. The molecule has 1 aromatic rings. The van der Waals surface area contributed by atoms with Gasteiger partial charge in [-0.1, -0.05) is 23.9 Å². The molecule has 0 aromatic heterocycles. The van der Waals surface area contributed by atoms with Crippen LogP contribution in [-0.4, -0.2) is 37.1 Å². The molecule has 0 saturated heterocycles. The smallest absolute Gasteiger partial charge is 0.250 e. The van der Waals surface area contributed by atoms with Gasteiger partial charge in [-0.25, -0.2) is 10.4 Å². The van der Waals surface area contributed by atoms with Crippen molar-refractivity contribution >= 4 is 34.7 Å². The third kappa shape index (κ3) is 3.33. The number of hydrogen-bond donors (Lipinski definition) is 1. The maximum absolute atomic E-state index is 10.9. The number of hydrogen-bond acceptors (Lipinski definition) is 5. The Morgan fingerprint density at radius 1 is 1.39 bits per heavy atom. The molecule has 0 spiro atoms. The SMILES string of the molecule is CN(C)c1ccc(C=NC2=NNC(=O)CS2)cc1. The fourth-order valence-electron chi connectivity index (χ4n) is 1.36. The molecule has 0 radical (unpaired) electrons. The fourth-order valence-corrected chi connectivity index (χ4v) is 1.92. The van der Waals surface area contributed by atoms with E-state index >= 15 is 0 Å². The molecule has 1 aliphatic rings. The van der Waals surface area contributed by atoms with Crippen LogP contribution in [0.2, 0.25) is 0 Å². The summed E-state index contributed by atoms with van der Waals surface area (Å²) in [5, 5.41) is 4.42. The standard InChI is InChI=1S/C12H14N4OS/c1-16(2)10-5-3-9(4-6-10)7-13-12-15-14-11(17)8-18-12/h3-7H,8H2,1-2H3,(H,14,17). The number of amidine groups is 1. The number of rotatable bonds is 2. The molecule has 94 valence electrons. The monoisotopic (exact) mass is 262 g/mol. The van der Waals surface area contributed by atoms with Crippen LogP contribution < -0.4 is 10.3 Å². The molecule has 0 unspecified atom stereocenters. The largest absolute Gasteiger partial charge is 0.378 e. The quantitative estimate of drug-likeness (QED) is 0.817. The normalized spacial score (nSPS) is 15.4. The molecule has 5 nitrogen and oxygen atoms in total. The van der Waals surface area contributed by atoms with Gasteiger partial charge in [-0.05, 0) is 17.7 Å². The molecule has 1 N–H and O–H groups in total. The maximum atomic E-state index is 10.9. The first-order chi connectivity index (χ1) is 8.65. The van der Waals surface area contributed by atoms with Gasteiger partial charge in [-0.2, -0.15) is 0 Å². The topological polar surface area (TPSA) is 57.1 Å². The number of aliphatic imine (C=N–C) groups is 1. The van der Waals surface area contributed by atoms with Gasteiger partial charge in [0.1, 0.15) is 0 Å². The lowest BCUT2D eigenvalue weighted by molar-refractivity contribution is -0.118. The van der Waals surface area contributed by atoms with Crippen LogP contribution in [0, 0.1) is 0 Å². The van der Waals surface area contributed by atoms with Gasteiger partial charge >= 0.3 is 0 Å². The lowest BCUT2D eigenvalue weighted by atomic mass is 10.2. The minimum atomic E-state index is -0.0886. The third-order valence-corrected chi connectivity index (χ3v) is 3.20. The van der Waals surface area contributed by atoms with E-state index in [1.54, 1.807) is 6.21 Å². The van der Waals surface area contributed by atoms with Gasteiger partial charge in [0, 0.05) is 26.0 Å². The molecule has 2 rings (SSSR count). The van der Waals surface area contributed by atoms with Crippen LogP contribution >= 0.6 is 11.8 Å². The molecular formula is C12H14N4OS. The highest BCUT2D eigenvalue weighted by Crippen LogP contribution is 2.12. The number of nitrogens with one attached hydrogen (secondary N) is 1. The van der Waals surface area contributed by atoms with Crippen LogP contribution in [-0.2, 0) is 4.79 Å². The molecule has 0 saturated carbocycles. The molecular weight excluding hydrogens is 248 g/mol. The number of carbonyl (C=O) groups excluding carboxylic acids is 1. The van der Waals surface area contributed by atoms with E-state index in [1.165, 1.54) is 11.8 Å². The van der Waals surface area contributed by atoms with E-state index in [2.05, 4.69) is 15.5 Å². The number of benzene rings is 1. The number of thioether (sulfide) groups is 1. The van der Waals surface area contributed by atoms with Crippen LogP contribution in [0.15, 0.2) is 34.4 Å². The average molecular weight is 262 g/mol. The van der Waals surface area contributed by atoms with E-state index in [1.807, 2.05) is 43.3 Å². The second-order valence-electron chi connectivity index (χ2n) is 3.96. The van der Waals surface area contributed by atoms with E-state index in [0.29, 0.717) is 10.9 Å². The van der Waals surface area contributed by atoms with Crippen LogP contribution in [0.25, 0.3) is 0 Å². The van der Waals surface area contributed by atoms with Gasteiger partial charge in [0.2, 0.25) is 5.17 Å². The first kappa shape index (κ1) is 12.6. The van der Waals surface area contributed by atoms with Crippen molar-refractivity contribution in [2.45, 2.75) is 0 Å². The Kier molecular flexibility index (Phi) is 3.99. The van der Waals surface area contributed by atoms with Gasteiger partial charge in [-0.3, -0.25) is 4.79 Å². The minimum Gasteiger partial charge on any atom is -0.378 e. The van der Waals surface area contributed by atoms with Crippen molar-refractivity contribution < 1.29 is 4.79 Å². The zero-order valence-electron chi connectivity index (χ0n) is 10.3. The molecule has 1 amide bonds. The second kappa shape index (κ2) is 5.68. The summed E-state index contributed by atoms with van der Waals surface area (Å²) in [6.07, 6.45) is 1.74. The van der Waals surface area contributed by atoms with E-state index in [0.717, 1.165) is 11.3 Å². The van der Waals surface area contributed by atoms with E-state index < -0.39 is 0 Å². The lowest BCUT2D eigenvalue weighted by Gasteiger charge is -2.11. The summed E-state index contributed by atoms with van der Waals surface area (Å²) < 4.78 is 0. The van der Waals surface area contributed by atoms with Gasteiger partial charge in [0.05, 0.1) is 5.75 Å². The summed E-state index contributed by atoms with van der Waals surface area (Å²) in [5.41, 5.74) is 4.54. The summed E-state index contributed by atoms with van der Waals surface area (Å²) in [5.74, 6) is 0.282. The van der Waals surface area contributed by atoms with Gasteiger partial charge in [0.25, 0.3) is 5.91 Å². The summed E-state index contributed by atoms with van der Waals surface area (Å²) >= 11 is 1.33. The van der Waals surface area contributed by atoms with Gasteiger partial charge < -0.3 is 4.90 Å². The zero-order chi connectivity index (χ0) is 13.0. The summed E-state index contributed by atoms with van der Waals surface area (Å²) in [4.78, 5) is 17.1. The van der Waals surface area contributed by atoms with Crippen molar-refractivity contribution in [3.8, 4) is 0 Å². The van der Waals surface area contributed by atoms with Crippen molar-refractivity contribution in [2.24, 2.45) is 10.1 Å². The first-order valence-corrected chi connectivity index (χ1v) is 6.44. The number of carbonyl (C=O) groups is 1.